The van der Waals surface area contributed by atoms with Crippen molar-refractivity contribution in [3.8, 4) is 0 Å². The summed E-state index contributed by atoms with van der Waals surface area (Å²) in [5, 5.41) is 6.38. The van der Waals surface area contributed by atoms with E-state index in [1.165, 1.54) is 4.31 Å². The zero-order valence-electron chi connectivity index (χ0n) is 13.8. The molecule has 21 heavy (non-hydrogen) atoms. The van der Waals surface area contributed by atoms with Crippen LogP contribution in [0.1, 0.15) is 27.2 Å². The summed E-state index contributed by atoms with van der Waals surface area (Å²) in [4.78, 5) is 4.43. The number of hydrogen-bond donors (Lipinski definition) is 2. The predicted molar refractivity (Wildman–Crippen MR) is 87.2 cm³/mol. The van der Waals surface area contributed by atoms with E-state index in [-0.39, 0.29) is 11.8 Å². The molecule has 0 radical (unpaired) electrons. The molecule has 0 amide bonds. The summed E-state index contributed by atoms with van der Waals surface area (Å²) in [6, 6.07) is 0.163. The smallest absolute Gasteiger partial charge is 0.213 e. The molecule has 126 valence electrons. The maximum atomic E-state index is 11.6. The minimum atomic E-state index is -3.10. The molecule has 0 fully saturated rings. The van der Waals surface area contributed by atoms with Gasteiger partial charge in [-0.05, 0) is 27.2 Å². The number of nitrogens with zero attached hydrogens (tertiary/aromatic N) is 2. The Morgan fingerprint density at radius 1 is 1.38 bits per heavy atom. The van der Waals surface area contributed by atoms with Gasteiger partial charge in [-0.3, -0.25) is 4.99 Å². The molecule has 1 atom stereocenters. The van der Waals surface area contributed by atoms with E-state index < -0.39 is 10.0 Å². The van der Waals surface area contributed by atoms with Crippen molar-refractivity contribution in [2.45, 2.75) is 33.2 Å². The quantitative estimate of drug-likeness (QED) is 0.342. The molecule has 0 aliphatic rings. The maximum absolute atomic E-state index is 11.6. The summed E-state index contributed by atoms with van der Waals surface area (Å²) in [6.45, 7) is 8.08. The van der Waals surface area contributed by atoms with Crippen molar-refractivity contribution >= 4 is 16.0 Å². The highest BCUT2D eigenvalue weighted by molar-refractivity contribution is 7.89. The third-order valence-corrected chi connectivity index (χ3v) is 4.75. The molecule has 8 heteroatoms. The molecule has 0 aromatic carbocycles. The Labute approximate surface area is 129 Å². The molecule has 0 aromatic rings. The Hall–Kier alpha value is -0.860. The first-order valence-electron chi connectivity index (χ1n) is 7.35. The molecule has 0 spiro atoms. The van der Waals surface area contributed by atoms with E-state index in [0.717, 1.165) is 12.5 Å². The monoisotopic (exact) mass is 322 g/mol. The van der Waals surface area contributed by atoms with Gasteiger partial charge in [-0.25, -0.2) is 12.7 Å². The van der Waals surface area contributed by atoms with Crippen molar-refractivity contribution in [1.29, 1.82) is 0 Å². The van der Waals surface area contributed by atoms with Gasteiger partial charge in [-0.15, -0.1) is 0 Å². The fourth-order valence-electron chi connectivity index (χ4n) is 1.69. The van der Waals surface area contributed by atoms with Crippen LogP contribution in [-0.4, -0.2) is 70.9 Å². The van der Waals surface area contributed by atoms with Crippen LogP contribution in [0.3, 0.4) is 0 Å². The largest absolute Gasteiger partial charge is 0.383 e. The maximum Gasteiger partial charge on any atom is 0.213 e. The zero-order valence-corrected chi connectivity index (χ0v) is 14.7. The minimum Gasteiger partial charge on any atom is -0.383 e. The van der Waals surface area contributed by atoms with Gasteiger partial charge in [-0.2, -0.15) is 0 Å². The second-order valence-electron chi connectivity index (χ2n) is 4.84. The van der Waals surface area contributed by atoms with Crippen molar-refractivity contribution in [1.82, 2.24) is 14.9 Å². The number of aliphatic imine (C=N–C) groups is 1. The molecule has 1 unspecified atom stereocenters. The van der Waals surface area contributed by atoms with Gasteiger partial charge in [-0.1, -0.05) is 0 Å². The summed E-state index contributed by atoms with van der Waals surface area (Å²) in [6.07, 6.45) is 0.685. The highest BCUT2D eigenvalue weighted by Gasteiger charge is 2.13. The Balaban J connectivity index is 4.27. The highest BCUT2D eigenvalue weighted by atomic mass is 32.2. The number of rotatable bonds is 10. The number of nitrogens with one attached hydrogen (secondary N) is 2. The van der Waals surface area contributed by atoms with Crippen molar-refractivity contribution in [3.05, 3.63) is 0 Å². The van der Waals surface area contributed by atoms with Crippen LogP contribution in [0.4, 0.5) is 0 Å². The van der Waals surface area contributed by atoms with Crippen LogP contribution in [0, 0.1) is 0 Å². The summed E-state index contributed by atoms with van der Waals surface area (Å²) < 4.78 is 29.7. The lowest BCUT2D eigenvalue weighted by Gasteiger charge is -2.17. The van der Waals surface area contributed by atoms with Gasteiger partial charge in [0, 0.05) is 39.8 Å². The van der Waals surface area contributed by atoms with Crippen LogP contribution in [0.2, 0.25) is 0 Å². The van der Waals surface area contributed by atoms with E-state index >= 15 is 0 Å². The molecule has 0 rings (SSSR count). The van der Waals surface area contributed by atoms with Gasteiger partial charge in [0.1, 0.15) is 0 Å². The second kappa shape index (κ2) is 10.8. The van der Waals surface area contributed by atoms with Crippen molar-refractivity contribution in [2.24, 2.45) is 4.99 Å². The van der Waals surface area contributed by atoms with Gasteiger partial charge in [0.2, 0.25) is 10.0 Å². The summed E-state index contributed by atoms with van der Waals surface area (Å²) in [5.74, 6) is 0.856. The Kier molecular flexibility index (Phi) is 10.4. The normalized spacial score (nSPS) is 14.3. The van der Waals surface area contributed by atoms with Crippen molar-refractivity contribution in [3.63, 3.8) is 0 Å². The van der Waals surface area contributed by atoms with Gasteiger partial charge in [0.25, 0.3) is 0 Å². The van der Waals surface area contributed by atoms with E-state index in [0.29, 0.717) is 26.1 Å². The first-order valence-corrected chi connectivity index (χ1v) is 8.96. The minimum absolute atomic E-state index is 0.130. The highest BCUT2D eigenvalue weighted by Crippen LogP contribution is 1.99. The van der Waals surface area contributed by atoms with Crippen molar-refractivity contribution < 1.29 is 13.2 Å². The summed E-state index contributed by atoms with van der Waals surface area (Å²) in [7, 11) is 0.164. The van der Waals surface area contributed by atoms with E-state index in [2.05, 4.69) is 15.6 Å². The lowest BCUT2D eigenvalue weighted by atomic mass is 10.4. The van der Waals surface area contributed by atoms with Gasteiger partial charge in [0.15, 0.2) is 5.96 Å². The van der Waals surface area contributed by atoms with Gasteiger partial charge >= 0.3 is 0 Å². The van der Waals surface area contributed by atoms with Crippen LogP contribution in [-0.2, 0) is 14.8 Å². The fraction of sp³-hybridized carbons (Fsp3) is 0.923. The second-order valence-corrected chi connectivity index (χ2v) is 7.20. The zero-order chi connectivity index (χ0) is 16.3. The lowest BCUT2D eigenvalue weighted by Crippen LogP contribution is -2.44. The molecule has 0 heterocycles. The molecule has 0 aromatic heterocycles. The van der Waals surface area contributed by atoms with E-state index in [1.54, 1.807) is 21.1 Å². The summed E-state index contributed by atoms with van der Waals surface area (Å²) in [5.41, 5.74) is 0. The Bertz CT molecular complexity index is 398. The van der Waals surface area contributed by atoms with E-state index in [9.17, 15) is 8.42 Å². The molecule has 2 N–H and O–H groups in total. The lowest BCUT2D eigenvalue weighted by molar-refractivity contribution is 0.179. The third kappa shape index (κ3) is 8.90. The SMILES string of the molecule is CCNC(=NCCCN(C)S(=O)(=O)CC)NC(C)COC. The molecular formula is C13H30N4O3S. The van der Waals surface area contributed by atoms with Gasteiger partial charge in [0.05, 0.1) is 12.4 Å². The third-order valence-electron chi connectivity index (χ3n) is 2.88. The standard InChI is InChI=1S/C13H30N4O3S/c1-6-14-13(16-12(3)11-20-5)15-9-8-10-17(4)21(18,19)7-2/h12H,6-11H2,1-5H3,(H2,14,15,16). The van der Waals surface area contributed by atoms with Crippen LogP contribution in [0.25, 0.3) is 0 Å². The molecular weight excluding hydrogens is 292 g/mol. The molecule has 0 aliphatic heterocycles. The van der Waals surface area contributed by atoms with Crippen LogP contribution >= 0.6 is 0 Å². The first-order chi connectivity index (χ1) is 9.87. The molecule has 0 saturated heterocycles. The Morgan fingerprint density at radius 3 is 2.57 bits per heavy atom. The molecule has 7 nitrogen and oxygen atoms in total. The predicted octanol–water partition coefficient (Wildman–Crippen LogP) is 0.248. The molecule has 0 saturated carbocycles. The number of hydrogen-bond acceptors (Lipinski definition) is 4. The van der Waals surface area contributed by atoms with Crippen LogP contribution in [0.15, 0.2) is 4.99 Å². The average Bonchev–Trinajstić information content (AvgIpc) is 2.43. The van der Waals surface area contributed by atoms with Crippen molar-refractivity contribution in [2.75, 3.05) is 46.2 Å². The van der Waals surface area contributed by atoms with Gasteiger partial charge < -0.3 is 15.4 Å². The average molecular weight is 322 g/mol. The molecule has 0 aliphatic carbocycles. The van der Waals surface area contributed by atoms with Crippen LogP contribution < -0.4 is 10.6 Å². The number of methoxy groups -OCH3 is 1. The first kappa shape index (κ1) is 20.1. The molecule has 0 bridgehead atoms. The summed E-state index contributed by atoms with van der Waals surface area (Å²) >= 11 is 0. The van der Waals surface area contributed by atoms with Crippen LogP contribution in [0.5, 0.6) is 0 Å². The Morgan fingerprint density at radius 2 is 2.05 bits per heavy atom. The fourth-order valence-corrected chi connectivity index (χ4v) is 2.54. The van der Waals surface area contributed by atoms with E-state index in [4.69, 9.17) is 4.74 Å². The topological polar surface area (TPSA) is 83.0 Å². The number of ether oxygens (including phenoxy) is 1. The van der Waals surface area contributed by atoms with E-state index in [1.807, 2.05) is 13.8 Å². The number of sulfonamides is 1. The number of guanidine groups is 1.